The van der Waals surface area contributed by atoms with Gasteiger partial charge in [0.05, 0.1) is 10.4 Å². The highest BCUT2D eigenvalue weighted by molar-refractivity contribution is 7.80. The molecule has 0 aromatic rings. The maximum Gasteiger partial charge on any atom is 0.235 e. The fourth-order valence-electron chi connectivity index (χ4n) is 1.61. The lowest BCUT2D eigenvalue weighted by Crippen LogP contribution is -2.41. The van der Waals surface area contributed by atoms with Gasteiger partial charge in [-0.2, -0.15) is 0 Å². The first-order valence-electron chi connectivity index (χ1n) is 5.45. The van der Waals surface area contributed by atoms with Crippen LogP contribution >= 0.6 is 12.2 Å². The molecule has 0 atom stereocenters. The van der Waals surface area contributed by atoms with Crippen LogP contribution in [0, 0.1) is 11.3 Å². The maximum absolute atomic E-state index is 12.0. The van der Waals surface area contributed by atoms with Crippen molar-refractivity contribution in [2.45, 2.75) is 33.1 Å². The molecule has 0 spiro atoms. The summed E-state index contributed by atoms with van der Waals surface area (Å²) in [7, 11) is 1.84. The van der Waals surface area contributed by atoms with Gasteiger partial charge in [-0.1, -0.05) is 26.1 Å². The van der Waals surface area contributed by atoms with Gasteiger partial charge < -0.3 is 10.6 Å². The summed E-state index contributed by atoms with van der Waals surface area (Å²) in [5, 5.41) is 0. The van der Waals surface area contributed by atoms with Crippen LogP contribution in [0.2, 0.25) is 0 Å². The Morgan fingerprint density at radius 3 is 2.40 bits per heavy atom. The Labute approximate surface area is 97.0 Å². The van der Waals surface area contributed by atoms with Crippen molar-refractivity contribution in [3.63, 3.8) is 0 Å². The van der Waals surface area contributed by atoms with Crippen LogP contribution in [0.15, 0.2) is 0 Å². The third-order valence-electron chi connectivity index (χ3n) is 3.02. The molecule has 2 N–H and O–H groups in total. The van der Waals surface area contributed by atoms with E-state index in [0.717, 1.165) is 25.8 Å². The van der Waals surface area contributed by atoms with E-state index in [0.29, 0.717) is 10.9 Å². The molecular formula is C11H20N2OS. The summed E-state index contributed by atoms with van der Waals surface area (Å²) in [6.07, 6.45) is 2.68. The Balaban J connectivity index is 2.50. The summed E-state index contributed by atoms with van der Waals surface area (Å²) in [4.78, 5) is 14.2. The van der Waals surface area contributed by atoms with Crippen LogP contribution in [0.5, 0.6) is 0 Å². The average molecular weight is 228 g/mol. The number of thiocarbonyl (C=S) groups is 1. The third-order valence-corrected chi connectivity index (χ3v) is 3.41. The van der Waals surface area contributed by atoms with Gasteiger partial charge in [-0.15, -0.1) is 0 Å². The number of nitrogens with zero attached hydrogens (tertiary/aromatic N) is 1. The van der Waals surface area contributed by atoms with Crippen LogP contribution in [-0.2, 0) is 4.79 Å². The van der Waals surface area contributed by atoms with E-state index in [2.05, 4.69) is 13.8 Å². The van der Waals surface area contributed by atoms with Crippen molar-refractivity contribution in [1.29, 1.82) is 0 Å². The average Bonchev–Trinajstić information content (AvgIpc) is 2.93. The van der Waals surface area contributed by atoms with Gasteiger partial charge in [0.25, 0.3) is 0 Å². The summed E-state index contributed by atoms with van der Waals surface area (Å²) in [5.41, 5.74) is 5.13. The van der Waals surface area contributed by atoms with Crippen molar-refractivity contribution >= 4 is 23.1 Å². The Hall–Kier alpha value is -0.640. The number of hydrogen-bond donors (Lipinski definition) is 1. The van der Waals surface area contributed by atoms with Gasteiger partial charge in [-0.3, -0.25) is 4.79 Å². The fourth-order valence-corrected chi connectivity index (χ4v) is 1.90. The van der Waals surface area contributed by atoms with Gasteiger partial charge in [-0.25, -0.2) is 0 Å². The second kappa shape index (κ2) is 4.47. The minimum absolute atomic E-state index is 0.107. The van der Waals surface area contributed by atoms with Crippen molar-refractivity contribution in [3.05, 3.63) is 0 Å². The summed E-state index contributed by atoms with van der Waals surface area (Å²) in [6.45, 7) is 5.10. The largest absolute Gasteiger partial charge is 0.392 e. The molecule has 1 amide bonds. The van der Waals surface area contributed by atoms with Crippen LogP contribution < -0.4 is 5.73 Å². The first-order chi connectivity index (χ1) is 6.90. The first-order valence-corrected chi connectivity index (χ1v) is 5.86. The molecule has 0 radical (unpaired) electrons. The van der Waals surface area contributed by atoms with Gasteiger partial charge in [0, 0.05) is 13.6 Å². The lowest BCUT2D eigenvalue weighted by molar-refractivity contribution is -0.133. The molecule has 0 heterocycles. The number of rotatable bonds is 5. The topological polar surface area (TPSA) is 46.3 Å². The number of hydrogen-bond acceptors (Lipinski definition) is 2. The van der Waals surface area contributed by atoms with Crippen molar-refractivity contribution < 1.29 is 4.79 Å². The zero-order valence-corrected chi connectivity index (χ0v) is 10.6. The Kier molecular flexibility index (Phi) is 3.71. The monoisotopic (exact) mass is 228 g/mol. The second-order valence-electron chi connectivity index (χ2n) is 4.86. The van der Waals surface area contributed by atoms with Crippen molar-refractivity contribution in [2.24, 2.45) is 17.1 Å². The zero-order valence-electron chi connectivity index (χ0n) is 9.75. The molecule has 3 nitrogen and oxygen atoms in total. The van der Waals surface area contributed by atoms with Gasteiger partial charge in [0.15, 0.2) is 0 Å². The lowest BCUT2D eigenvalue weighted by Gasteiger charge is -2.23. The highest BCUT2D eigenvalue weighted by Crippen LogP contribution is 2.47. The number of nitrogens with two attached hydrogens (primary N) is 1. The third kappa shape index (κ3) is 2.68. The van der Waals surface area contributed by atoms with E-state index in [9.17, 15) is 4.79 Å². The zero-order chi connectivity index (χ0) is 11.6. The summed E-state index contributed by atoms with van der Waals surface area (Å²) in [6, 6.07) is 0. The van der Waals surface area contributed by atoms with E-state index in [1.807, 2.05) is 7.05 Å². The van der Waals surface area contributed by atoms with Crippen LogP contribution in [0.25, 0.3) is 0 Å². The van der Waals surface area contributed by atoms with Gasteiger partial charge in [0.1, 0.15) is 0 Å². The van der Waals surface area contributed by atoms with Crippen molar-refractivity contribution in [3.8, 4) is 0 Å². The standard InChI is InChI=1S/C11H20N2OS/c1-8(2)4-7-13(3)10(14)11(5-6-11)9(12)15/h8H,4-7H2,1-3H3,(H2,12,15). The molecule has 1 saturated carbocycles. The van der Waals surface area contributed by atoms with E-state index in [-0.39, 0.29) is 5.91 Å². The second-order valence-corrected chi connectivity index (χ2v) is 5.30. The van der Waals surface area contributed by atoms with E-state index in [1.54, 1.807) is 4.90 Å². The van der Waals surface area contributed by atoms with Crippen LogP contribution in [-0.4, -0.2) is 29.4 Å². The predicted octanol–water partition coefficient (Wildman–Crippen LogP) is 1.56. The minimum atomic E-state index is -0.485. The molecule has 0 bridgehead atoms. The molecule has 4 heteroatoms. The molecule has 1 rings (SSSR count). The Bertz CT molecular complexity index is 272. The number of amides is 1. The van der Waals surface area contributed by atoms with E-state index >= 15 is 0 Å². The molecule has 86 valence electrons. The van der Waals surface area contributed by atoms with Crippen LogP contribution in [0.4, 0.5) is 0 Å². The minimum Gasteiger partial charge on any atom is -0.392 e. The van der Waals surface area contributed by atoms with Gasteiger partial charge in [0.2, 0.25) is 5.91 Å². The van der Waals surface area contributed by atoms with E-state index < -0.39 is 5.41 Å². The molecule has 0 aromatic carbocycles. The quantitative estimate of drug-likeness (QED) is 0.726. The highest BCUT2D eigenvalue weighted by Gasteiger charge is 2.53. The first kappa shape index (κ1) is 12.4. The highest BCUT2D eigenvalue weighted by atomic mass is 32.1. The summed E-state index contributed by atoms with van der Waals surface area (Å²) >= 11 is 4.96. The summed E-state index contributed by atoms with van der Waals surface area (Å²) in [5.74, 6) is 0.718. The maximum atomic E-state index is 12.0. The van der Waals surface area contributed by atoms with Crippen LogP contribution in [0.3, 0.4) is 0 Å². The Morgan fingerprint density at radius 1 is 1.53 bits per heavy atom. The smallest absolute Gasteiger partial charge is 0.235 e. The molecule has 0 saturated heterocycles. The SMILES string of the molecule is CC(C)CCN(C)C(=O)C1(C(N)=S)CC1. The molecule has 0 unspecified atom stereocenters. The van der Waals surface area contributed by atoms with E-state index in [1.165, 1.54) is 0 Å². The van der Waals surface area contributed by atoms with E-state index in [4.69, 9.17) is 18.0 Å². The molecule has 0 aliphatic heterocycles. The summed E-state index contributed by atoms with van der Waals surface area (Å²) < 4.78 is 0. The molecular weight excluding hydrogens is 208 g/mol. The van der Waals surface area contributed by atoms with Crippen molar-refractivity contribution in [1.82, 2.24) is 4.90 Å². The molecule has 15 heavy (non-hydrogen) atoms. The molecule has 1 aliphatic rings. The molecule has 1 aliphatic carbocycles. The predicted molar refractivity (Wildman–Crippen MR) is 65.5 cm³/mol. The molecule has 0 aromatic heterocycles. The van der Waals surface area contributed by atoms with Crippen LogP contribution in [0.1, 0.15) is 33.1 Å². The van der Waals surface area contributed by atoms with Crippen molar-refractivity contribution in [2.75, 3.05) is 13.6 Å². The lowest BCUT2D eigenvalue weighted by atomic mass is 10.0. The molecule has 1 fully saturated rings. The fraction of sp³-hybridized carbons (Fsp3) is 0.818. The Morgan fingerprint density at radius 2 is 2.07 bits per heavy atom. The van der Waals surface area contributed by atoms with Gasteiger partial charge in [-0.05, 0) is 25.2 Å². The normalized spacial score (nSPS) is 17.6. The number of carbonyl (C=O) groups is 1. The number of carbonyl (C=O) groups excluding carboxylic acids is 1. The van der Waals surface area contributed by atoms with Gasteiger partial charge >= 0.3 is 0 Å².